The average molecular weight is 362 g/mol. The second-order valence-corrected chi connectivity index (χ2v) is 6.30. The minimum absolute atomic E-state index is 0.103. The van der Waals surface area contributed by atoms with Gasteiger partial charge < -0.3 is 15.0 Å². The molecule has 0 aliphatic rings. The molecule has 0 spiro atoms. The van der Waals surface area contributed by atoms with Crippen molar-refractivity contribution in [2.45, 2.75) is 13.3 Å². The molecule has 138 valence electrons. The summed E-state index contributed by atoms with van der Waals surface area (Å²) < 4.78 is 5.30. The van der Waals surface area contributed by atoms with Gasteiger partial charge in [0.15, 0.2) is 0 Å². The summed E-state index contributed by atoms with van der Waals surface area (Å²) in [6.07, 6.45) is 0.620. The van der Waals surface area contributed by atoms with E-state index in [1.165, 1.54) is 0 Å². The average Bonchev–Trinajstić information content (AvgIpc) is 2.68. The predicted molar refractivity (Wildman–Crippen MR) is 106 cm³/mol. The second kappa shape index (κ2) is 8.36. The van der Waals surface area contributed by atoms with Crippen molar-refractivity contribution < 1.29 is 9.53 Å². The minimum Gasteiger partial charge on any atom is -0.496 e. The summed E-state index contributed by atoms with van der Waals surface area (Å²) in [6, 6.07) is 18.8. The Labute approximate surface area is 158 Å². The fourth-order valence-electron chi connectivity index (χ4n) is 2.87. The molecule has 0 unspecified atom stereocenters. The van der Waals surface area contributed by atoms with E-state index in [9.17, 15) is 9.59 Å². The van der Waals surface area contributed by atoms with Crippen molar-refractivity contribution in [3.05, 3.63) is 87.7 Å². The number of carbonyl (C=O) groups excluding carboxylic acids is 1. The van der Waals surface area contributed by atoms with Crippen LogP contribution in [0.2, 0.25) is 0 Å². The van der Waals surface area contributed by atoms with E-state index in [1.54, 1.807) is 19.2 Å². The van der Waals surface area contributed by atoms with Crippen molar-refractivity contribution in [3.63, 3.8) is 0 Å². The largest absolute Gasteiger partial charge is 0.496 e. The van der Waals surface area contributed by atoms with Gasteiger partial charge in [0.2, 0.25) is 0 Å². The summed E-state index contributed by atoms with van der Waals surface area (Å²) in [7, 11) is 1.62. The van der Waals surface area contributed by atoms with Crippen molar-refractivity contribution in [2.24, 2.45) is 0 Å². The van der Waals surface area contributed by atoms with Gasteiger partial charge in [-0.15, -0.1) is 0 Å². The normalized spacial score (nSPS) is 10.4. The Bertz CT molecular complexity index is 991. The van der Waals surface area contributed by atoms with E-state index in [0.717, 1.165) is 22.4 Å². The van der Waals surface area contributed by atoms with Crippen molar-refractivity contribution in [1.29, 1.82) is 0 Å². The highest BCUT2D eigenvalue weighted by Gasteiger charge is 2.11. The number of rotatable bonds is 6. The number of aromatic nitrogens is 1. The number of aryl methyl sites for hydroxylation is 1. The van der Waals surface area contributed by atoms with Crippen molar-refractivity contribution in [3.8, 4) is 17.0 Å². The molecule has 0 fully saturated rings. The third kappa shape index (κ3) is 4.44. The molecule has 3 aromatic rings. The maximum Gasteiger partial charge on any atom is 0.261 e. The molecule has 5 nitrogen and oxygen atoms in total. The number of amides is 1. The Morgan fingerprint density at radius 2 is 1.78 bits per heavy atom. The lowest BCUT2D eigenvalue weighted by Crippen LogP contribution is -2.31. The number of para-hydroxylation sites is 1. The first-order valence-electron chi connectivity index (χ1n) is 8.79. The van der Waals surface area contributed by atoms with Crippen molar-refractivity contribution in [2.75, 3.05) is 13.7 Å². The van der Waals surface area contributed by atoms with Gasteiger partial charge in [0.25, 0.3) is 11.5 Å². The standard InChI is InChI=1S/C22H22N2O3/c1-15-7-9-16(10-8-15)19-12-11-18(22(26)24-19)21(25)23-14-13-17-5-3-4-6-20(17)27-2/h3-12H,13-14H2,1-2H3,(H,23,25)(H,24,26). The van der Waals surface area contributed by atoms with Crippen molar-refractivity contribution >= 4 is 5.91 Å². The number of hydrogen-bond acceptors (Lipinski definition) is 3. The van der Waals surface area contributed by atoms with E-state index >= 15 is 0 Å². The molecule has 0 bridgehead atoms. The summed E-state index contributed by atoms with van der Waals surface area (Å²) >= 11 is 0. The highest BCUT2D eigenvalue weighted by molar-refractivity contribution is 5.94. The first-order chi connectivity index (χ1) is 13.1. The first kappa shape index (κ1) is 18.5. The van der Waals surface area contributed by atoms with E-state index in [2.05, 4.69) is 10.3 Å². The number of pyridine rings is 1. The van der Waals surface area contributed by atoms with Gasteiger partial charge in [0.1, 0.15) is 11.3 Å². The van der Waals surface area contributed by atoms with E-state index in [-0.39, 0.29) is 11.5 Å². The maximum atomic E-state index is 12.3. The summed E-state index contributed by atoms with van der Waals surface area (Å²) in [6.45, 7) is 2.42. The molecule has 27 heavy (non-hydrogen) atoms. The molecule has 0 saturated carbocycles. The third-order valence-corrected chi connectivity index (χ3v) is 4.39. The fourth-order valence-corrected chi connectivity index (χ4v) is 2.87. The lowest BCUT2D eigenvalue weighted by molar-refractivity contribution is 0.0952. The molecule has 3 rings (SSSR count). The van der Waals surface area contributed by atoms with Crippen LogP contribution in [0.25, 0.3) is 11.3 Å². The summed E-state index contributed by atoms with van der Waals surface area (Å²) in [4.78, 5) is 27.4. The molecule has 1 amide bonds. The fraction of sp³-hybridized carbons (Fsp3) is 0.182. The highest BCUT2D eigenvalue weighted by atomic mass is 16.5. The molecule has 0 aliphatic heterocycles. The van der Waals surface area contributed by atoms with E-state index in [4.69, 9.17) is 4.74 Å². The van der Waals surface area contributed by atoms with Crippen LogP contribution in [0, 0.1) is 6.92 Å². The van der Waals surface area contributed by atoms with Crippen LogP contribution in [0.5, 0.6) is 5.75 Å². The molecular weight excluding hydrogens is 340 g/mol. The van der Waals surface area contributed by atoms with Crippen LogP contribution in [-0.2, 0) is 6.42 Å². The summed E-state index contributed by atoms with van der Waals surface area (Å²) in [5.41, 5.74) is 3.44. The second-order valence-electron chi connectivity index (χ2n) is 6.30. The van der Waals surface area contributed by atoms with E-state index in [1.807, 2.05) is 55.5 Å². The van der Waals surface area contributed by atoms with Crippen LogP contribution in [0.3, 0.4) is 0 Å². The smallest absolute Gasteiger partial charge is 0.261 e. The maximum absolute atomic E-state index is 12.3. The Balaban J connectivity index is 1.66. The number of H-pyrrole nitrogens is 1. The highest BCUT2D eigenvalue weighted by Crippen LogP contribution is 2.18. The molecule has 5 heteroatoms. The topological polar surface area (TPSA) is 71.2 Å². The Morgan fingerprint density at radius 3 is 2.48 bits per heavy atom. The number of aromatic amines is 1. The monoisotopic (exact) mass is 362 g/mol. The van der Waals surface area contributed by atoms with Crippen LogP contribution >= 0.6 is 0 Å². The predicted octanol–water partition coefficient (Wildman–Crippen LogP) is 3.33. The van der Waals surface area contributed by atoms with Gasteiger partial charge in [0.05, 0.1) is 7.11 Å². The zero-order valence-corrected chi connectivity index (χ0v) is 15.4. The number of nitrogens with one attached hydrogen (secondary N) is 2. The minimum atomic E-state index is -0.400. The number of hydrogen-bond donors (Lipinski definition) is 2. The Kier molecular flexibility index (Phi) is 5.71. The quantitative estimate of drug-likeness (QED) is 0.707. The van der Waals surface area contributed by atoms with Crippen LogP contribution < -0.4 is 15.6 Å². The van der Waals surface area contributed by atoms with Gasteiger partial charge >= 0.3 is 0 Å². The molecule has 1 aromatic heterocycles. The molecule has 1 heterocycles. The summed E-state index contributed by atoms with van der Waals surface area (Å²) in [5, 5.41) is 2.79. The molecule has 0 atom stereocenters. The third-order valence-electron chi connectivity index (χ3n) is 4.39. The molecule has 0 radical (unpaired) electrons. The lowest BCUT2D eigenvalue weighted by atomic mass is 10.1. The molecular formula is C22H22N2O3. The van der Waals surface area contributed by atoms with E-state index in [0.29, 0.717) is 18.7 Å². The van der Waals surface area contributed by atoms with Crippen LogP contribution in [0.4, 0.5) is 0 Å². The number of methoxy groups -OCH3 is 1. The van der Waals surface area contributed by atoms with Crippen LogP contribution in [-0.4, -0.2) is 24.5 Å². The first-order valence-corrected chi connectivity index (χ1v) is 8.79. The Hall–Kier alpha value is -3.34. The number of benzene rings is 2. The van der Waals surface area contributed by atoms with Gasteiger partial charge in [-0.25, -0.2) is 0 Å². The van der Waals surface area contributed by atoms with Gasteiger partial charge in [-0.05, 0) is 42.7 Å². The molecule has 2 N–H and O–H groups in total. The van der Waals surface area contributed by atoms with Gasteiger partial charge in [0, 0.05) is 12.2 Å². The molecule has 2 aromatic carbocycles. The molecule has 0 saturated heterocycles. The van der Waals surface area contributed by atoms with Gasteiger partial charge in [-0.3, -0.25) is 9.59 Å². The van der Waals surface area contributed by atoms with E-state index < -0.39 is 5.56 Å². The van der Waals surface area contributed by atoms with Gasteiger partial charge in [-0.2, -0.15) is 0 Å². The zero-order valence-electron chi connectivity index (χ0n) is 15.4. The molecule has 0 aliphatic carbocycles. The van der Waals surface area contributed by atoms with Crippen LogP contribution in [0.15, 0.2) is 65.5 Å². The van der Waals surface area contributed by atoms with Gasteiger partial charge in [-0.1, -0.05) is 48.0 Å². The lowest BCUT2D eigenvalue weighted by Gasteiger charge is -2.09. The number of ether oxygens (including phenoxy) is 1. The zero-order chi connectivity index (χ0) is 19.2. The Morgan fingerprint density at radius 1 is 1.04 bits per heavy atom. The van der Waals surface area contributed by atoms with Crippen LogP contribution in [0.1, 0.15) is 21.5 Å². The summed E-state index contributed by atoms with van der Waals surface area (Å²) in [5.74, 6) is 0.397. The number of carbonyl (C=O) groups is 1. The SMILES string of the molecule is COc1ccccc1CCNC(=O)c1ccc(-c2ccc(C)cc2)[nH]c1=O. The van der Waals surface area contributed by atoms with Crippen molar-refractivity contribution in [1.82, 2.24) is 10.3 Å².